The number of hydrogen-bond acceptors (Lipinski definition) is 1. The second-order valence-corrected chi connectivity index (χ2v) is 4.10. The van der Waals surface area contributed by atoms with E-state index in [0.717, 1.165) is 0 Å². The van der Waals surface area contributed by atoms with Crippen LogP contribution in [0.5, 0.6) is 0 Å². The largest absolute Gasteiger partial charge is 0.324 e. The number of benzene rings is 1. The number of halogens is 3. The van der Waals surface area contributed by atoms with Crippen molar-refractivity contribution in [2.24, 2.45) is 5.73 Å². The summed E-state index contributed by atoms with van der Waals surface area (Å²) in [5.41, 5.74) is 6.17. The van der Waals surface area contributed by atoms with Gasteiger partial charge >= 0.3 is 0 Å². The Morgan fingerprint density at radius 2 is 2.23 bits per heavy atom. The van der Waals surface area contributed by atoms with Crippen LogP contribution in [-0.4, -0.2) is 0 Å². The van der Waals surface area contributed by atoms with Crippen molar-refractivity contribution in [2.45, 2.75) is 19.4 Å². The van der Waals surface area contributed by atoms with E-state index in [1.54, 1.807) is 6.07 Å². The molecule has 0 aromatic heterocycles. The van der Waals surface area contributed by atoms with Crippen molar-refractivity contribution in [3.05, 3.63) is 33.0 Å². The monoisotopic (exact) mass is 265 g/mol. The van der Waals surface area contributed by atoms with Gasteiger partial charge in [-0.15, -0.1) is 0 Å². The number of nitrogens with two attached hydrogens (primary N) is 1. The molecular weight excluding hydrogens is 256 g/mol. The Balaban J connectivity index is 3.20. The average Bonchev–Trinajstić information content (AvgIpc) is 2.10. The Bertz CT molecular complexity index is 317. The SMILES string of the molecule is CCC(N)c1cc(Cl)cc(Br)c1F. The molecule has 1 aromatic carbocycles. The summed E-state index contributed by atoms with van der Waals surface area (Å²) in [7, 11) is 0. The molecule has 0 bridgehead atoms. The Morgan fingerprint density at radius 3 is 2.77 bits per heavy atom. The summed E-state index contributed by atoms with van der Waals surface area (Å²) in [5, 5.41) is 0.493. The number of rotatable bonds is 2. The molecule has 0 aliphatic carbocycles. The minimum Gasteiger partial charge on any atom is -0.324 e. The lowest BCUT2D eigenvalue weighted by molar-refractivity contribution is 0.570. The molecule has 0 heterocycles. The highest BCUT2D eigenvalue weighted by Crippen LogP contribution is 2.28. The lowest BCUT2D eigenvalue weighted by Crippen LogP contribution is -2.11. The van der Waals surface area contributed by atoms with Crippen LogP contribution in [0.2, 0.25) is 5.02 Å². The van der Waals surface area contributed by atoms with Crippen LogP contribution >= 0.6 is 27.5 Å². The van der Waals surface area contributed by atoms with Gasteiger partial charge in [-0.05, 0) is 34.5 Å². The van der Waals surface area contributed by atoms with Crippen molar-refractivity contribution in [1.82, 2.24) is 0 Å². The van der Waals surface area contributed by atoms with Crippen LogP contribution in [0.3, 0.4) is 0 Å². The van der Waals surface area contributed by atoms with Crippen LogP contribution < -0.4 is 5.73 Å². The van der Waals surface area contributed by atoms with E-state index in [-0.39, 0.29) is 11.9 Å². The molecule has 0 saturated carbocycles. The molecule has 13 heavy (non-hydrogen) atoms. The zero-order chi connectivity index (χ0) is 10.0. The fourth-order valence-corrected chi connectivity index (χ4v) is 1.90. The number of hydrogen-bond donors (Lipinski definition) is 1. The third kappa shape index (κ3) is 2.42. The zero-order valence-electron chi connectivity index (χ0n) is 7.15. The summed E-state index contributed by atoms with van der Waals surface area (Å²) in [6, 6.07) is 2.79. The fourth-order valence-electron chi connectivity index (χ4n) is 1.07. The van der Waals surface area contributed by atoms with Gasteiger partial charge in [0.05, 0.1) is 4.47 Å². The first-order valence-corrected chi connectivity index (χ1v) is 5.13. The molecule has 0 spiro atoms. The fraction of sp³-hybridized carbons (Fsp3) is 0.333. The van der Waals surface area contributed by atoms with Crippen molar-refractivity contribution in [3.63, 3.8) is 0 Å². The molecule has 1 aromatic rings. The van der Waals surface area contributed by atoms with E-state index in [1.165, 1.54) is 6.07 Å². The molecular formula is C9H10BrClFN. The van der Waals surface area contributed by atoms with Crippen LogP contribution in [-0.2, 0) is 0 Å². The first kappa shape index (κ1) is 11.0. The van der Waals surface area contributed by atoms with Crippen LogP contribution in [0.15, 0.2) is 16.6 Å². The molecule has 0 saturated heterocycles. The first-order chi connectivity index (χ1) is 6.06. The molecule has 0 fully saturated rings. The second-order valence-electron chi connectivity index (χ2n) is 2.81. The maximum atomic E-state index is 13.4. The highest BCUT2D eigenvalue weighted by molar-refractivity contribution is 9.10. The van der Waals surface area contributed by atoms with Crippen molar-refractivity contribution in [2.75, 3.05) is 0 Å². The van der Waals surface area contributed by atoms with Gasteiger partial charge in [-0.1, -0.05) is 18.5 Å². The van der Waals surface area contributed by atoms with Crippen molar-refractivity contribution in [3.8, 4) is 0 Å². The molecule has 1 unspecified atom stereocenters. The quantitative estimate of drug-likeness (QED) is 0.813. The summed E-state index contributed by atoms with van der Waals surface area (Å²) in [5.74, 6) is -0.321. The van der Waals surface area contributed by atoms with Gasteiger partial charge in [-0.3, -0.25) is 0 Å². The van der Waals surface area contributed by atoms with E-state index in [2.05, 4.69) is 15.9 Å². The van der Waals surface area contributed by atoms with E-state index in [1.807, 2.05) is 6.92 Å². The molecule has 0 radical (unpaired) electrons. The van der Waals surface area contributed by atoms with Gasteiger partial charge in [0.15, 0.2) is 0 Å². The lowest BCUT2D eigenvalue weighted by atomic mass is 10.1. The van der Waals surface area contributed by atoms with Crippen molar-refractivity contribution < 1.29 is 4.39 Å². The molecule has 4 heteroatoms. The first-order valence-electron chi connectivity index (χ1n) is 3.96. The van der Waals surface area contributed by atoms with Gasteiger partial charge in [0.2, 0.25) is 0 Å². The summed E-state index contributed by atoms with van der Waals surface area (Å²) in [4.78, 5) is 0. The summed E-state index contributed by atoms with van der Waals surface area (Å²) in [6.45, 7) is 1.90. The highest BCUT2D eigenvalue weighted by Gasteiger charge is 2.13. The Morgan fingerprint density at radius 1 is 1.62 bits per heavy atom. The predicted octanol–water partition coefficient (Wildman–Crippen LogP) is 3.65. The van der Waals surface area contributed by atoms with E-state index < -0.39 is 0 Å². The van der Waals surface area contributed by atoms with Crippen LogP contribution in [0.25, 0.3) is 0 Å². The van der Waals surface area contributed by atoms with E-state index in [4.69, 9.17) is 17.3 Å². The highest BCUT2D eigenvalue weighted by atomic mass is 79.9. The lowest BCUT2D eigenvalue weighted by Gasteiger charge is -2.11. The Kier molecular flexibility index (Phi) is 3.71. The van der Waals surface area contributed by atoms with Gasteiger partial charge in [0.1, 0.15) is 5.82 Å². The molecule has 2 N–H and O–H groups in total. The predicted molar refractivity (Wildman–Crippen MR) is 56.3 cm³/mol. The van der Waals surface area contributed by atoms with Gasteiger partial charge in [0, 0.05) is 16.6 Å². The molecule has 0 aliphatic rings. The molecule has 0 amide bonds. The summed E-state index contributed by atoms with van der Waals surface area (Å²) in [6.07, 6.45) is 0.684. The minimum atomic E-state index is -0.321. The van der Waals surface area contributed by atoms with Crippen LogP contribution in [0.4, 0.5) is 4.39 Å². The van der Waals surface area contributed by atoms with Crippen molar-refractivity contribution in [1.29, 1.82) is 0 Å². The maximum Gasteiger partial charge on any atom is 0.142 e. The molecule has 1 rings (SSSR count). The van der Waals surface area contributed by atoms with E-state index in [9.17, 15) is 4.39 Å². The third-order valence-electron chi connectivity index (χ3n) is 1.86. The summed E-state index contributed by atoms with van der Waals surface area (Å²) < 4.78 is 13.8. The standard InChI is InChI=1S/C9H10BrClFN/c1-2-8(13)6-3-5(11)4-7(10)9(6)12/h3-4,8H,2,13H2,1H3. The van der Waals surface area contributed by atoms with E-state index in [0.29, 0.717) is 21.5 Å². The molecule has 0 aliphatic heterocycles. The van der Waals surface area contributed by atoms with Crippen molar-refractivity contribution >= 4 is 27.5 Å². The van der Waals surface area contributed by atoms with Crippen LogP contribution in [0.1, 0.15) is 24.9 Å². The topological polar surface area (TPSA) is 26.0 Å². The maximum absolute atomic E-state index is 13.4. The van der Waals surface area contributed by atoms with Gasteiger partial charge in [-0.2, -0.15) is 0 Å². The minimum absolute atomic E-state index is 0.296. The third-order valence-corrected chi connectivity index (χ3v) is 2.66. The zero-order valence-corrected chi connectivity index (χ0v) is 9.49. The van der Waals surface area contributed by atoms with Crippen LogP contribution in [0, 0.1) is 5.82 Å². The Hall–Kier alpha value is -0.120. The normalized spacial score (nSPS) is 13.0. The Labute approximate surface area is 90.2 Å². The second kappa shape index (κ2) is 4.40. The smallest absolute Gasteiger partial charge is 0.142 e. The molecule has 1 atom stereocenters. The molecule has 72 valence electrons. The van der Waals surface area contributed by atoms with Gasteiger partial charge in [-0.25, -0.2) is 4.39 Å². The molecule has 1 nitrogen and oxygen atoms in total. The van der Waals surface area contributed by atoms with E-state index >= 15 is 0 Å². The van der Waals surface area contributed by atoms with Gasteiger partial charge in [0.25, 0.3) is 0 Å². The summed E-state index contributed by atoms with van der Waals surface area (Å²) >= 11 is 8.85. The average molecular weight is 267 g/mol. The van der Waals surface area contributed by atoms with Gasteiger partial charge < -0.3 is 5.73 Å².